The molecule has 1 fully saturated rings. The number of anilines is 1. The minimum atomic E-state index is -0.350. The molecule has 0 spiro atoms. The van der Waals surface area contributed by atoms with E-state index in [0.717, 1.165) is 5.76 Å². The molecule has 28 heavy (non-hydrogen) atoms. The number of hydrogen-bond acceptors (Lipinski definition) is 4. The Hall–Kier alpha value is -2.67. The number of rotatable bonds is 6. The van der Waals surface area contributed by atoms with E-state index in [1.807, 2.05) is 13.0 Å². The fraction of sp³-hybridized carbons (Fsp3) is 0.429. The third-order valence-electron chi connectivity index (χ3n) is 5.28. The third kappa shape index (κ3) is 4.98. The maximum atomic E-state index is 13.7. The number of piperidine rings is 1. The molecule has 2 N–H and O–H groups in total. The van der Waals surface area contributed by atoms with Crippen molar-refractivity contribution in [3.63, 3.8) is 0 Å². The first kappa shape index (κ1) is 20.1. The van der Waals surface area contributed by atoms with Crippen LogP contribution in [0.15, 0.2) is 41.0 Å². The maximum Gasteiger partial charge on any atom is 0.241 e. The summed E-state index contributed by atoms with van der Waals surface area (Å²) in [7, 11) is 0. The van der Waals surface area contributed by atoms with Gasteiger partial charge in [-0.2, -0.15) is 0 Å². The van der Waals surface area contributed by atoms with E-state index in [-0.39, 0.29) is 29.6 Å². The van der Waals surface area contributed by atoms with E-state index in [1.54, 1.807) is 31.4 Å². The number of hydrogen-bond donors (Lipinski definition) is 2. The molecule has 3 rings (SSSR count). The molecule has 1 aliphatic heterocycles. The van der Waals surface area contributed by atoms with Crippen molar-refractivity contribution >= 4 is 17.5 Å². The largest absolute Gasteiger partial charge is 0.467 e. The van der Waals surface area contributed by atoms with Crippen LogP contribution in [0.4, 0.5) is 10.1 Å². The molecule has 1 saturated heterocycles. The SMILES string of the molecule is Cc1ccc(NC(=O)C(C)N2CCC(C(=O)NCc3ccco3)CC2)cc1F. The highest BCUT2D eigenvalue weighted by Crippen LogP contribution is 2.21. The van der Waals surface area contributed by atoms with Crippen LogP contribution in [-0.2, 0) is 16.1 Å². The molecule has 0 radical (unpaired) electrons. The van der Waals surface area contributed by atoms with E-state index in [2.05, 4.69) is 15.5 Å². The highest BCUT2D eigenvalue weighted by Gasteiger charge is 2.29. The summed E-state index contributed by atoms with van der Waals surface area (Å²) in [5.74, 6) is 0.162. The lowest BCUT2D eigenvalue weighted by atomic mass is 9.95. The fourth-order valence-corrected chi connectivity index (χ4v) is 3.36. The van der Waals surface area contributed by atoms with Gasteiger partial charge in [0.05, 0.1) is 18.8 Å². The molecule has 7 heteroatoms. The summed E-state index contributed by atoms with van der Waals surface area (Å²) in [6, 6.07) is 7.92. The first-order chi connectivity index (χ1) is 13.4. The van der Waals surface area contributed by atoms with E-state index in [1.165, 1.54) is 6.07 Å². The van der Waals surface area contributed by atoms with Gasteiger partial charge in [-0.15, -0.1) is 0 Å². The number of halogens is 1. The molecular weight excluding hydrogens is 361 g/mol. The van der Waals surface area contributed by atoms with Gasteiger partial charge >= 0.3 is 0 Å². The van der Waals surface area contributed by atoms with Gasteiger partial charge in [0, 0.05) is 11.6 Å². The second kappa shape index (κ2) is 9.01. The van der Waals surface area contributed by atoms with Crippen LogP contribution in [0.1, 0.15) is 31.1 Å². The van der Waals surface area contributed by atoms with Crippen molar-refractivity contribution in [2.45, 2.75) is 39.3 Å². The number of benzene rings is 1. The number of carbonyl (C=O) groups excluding carboxylic acids is 2. The lowest BCUT2D eigenvalue weighted by molar-refractivity contribution is -0.127. The molecule has 2 amide bonds. The number of amides is 2. The number of likely N-dealkylation sites (tertiary alicyclic amines) is 1. The van der Waals surface area contributed by atoms with Gasteiger partial charge < -0.3 is 15.1 Å². The molecule has 2 heterocycles. The summed E-state index contributed by atoms with van der Waals surface area (Å²) in [5.41, 5.74) is 0.991. The molecule has 1 aliphatic rings. The van der Waals surface area contributed by atoms with Crippen LogP contribution in [0.5, 0.6) is 0 Å². The van der Waals surface area contributed by atoms with Crippen LogP contribution in [0.3, 0.4) is 0 Å². The van der Waals surface area contributed by atoms with Crippen LogP contribution in [-0.4, -0.2) is 35.8 Å². The summed E-state index contributed by atoms with van der Waals surface area (Å²) in [6.07, 6.45) is 2.97. The smallest absolute Gasteiger partial charge is 0.241 e. The van der Waals surface area contributed by atoms with Gasteiger partial charge in [-0.25, -0.2) is 4.39 Å². The van der Waals surface area contributed by atoms with Crippen molar-refractivity contribution < 1.29 is 18.4 Å². The van der Waals surface area contributed by atoms with Crippen LogP contribution in [0.2, 0.25) is 0 Å². The van der Waals surface area contributed by atoms with E-state index >= 15 is 0 Å². The van der Waals surface area contributed by atoms with Gasteiger partial charge in [0.25, 0.3) is 0 Å². The molecule has 1 aromatic carbocycles. The van der Waals surface area contributed by atoms with Crippen molar-refractivity contribution in [3.05, 3.63) is 53.7 Å². The number of furan rings is 1. The number of nitrogens with zero attached hydrogens (tertiary/aromatic N) is 1. The van der Waals surface area contributed by atoms with E-state index in [0.29, 0.717) is 43.7 Å². The molecule has 1 aromatic heterocycles. The molecule has 2 aromatic rings. The minimum Gasteiger partial charge on any atom is -0.467 e. The van der Waals surface area contributed by atoms with Crippen molar-refractivity contribution in [3.8, 4) is 0 Å². The zero-order valence-corrected chi connectivity index (χ0v) is 16.2. The van der Waals surface area contributed by atoms with Crippen LogP contribution < -0.4 is 10.6 Å². The zero-order chi connectivity index (χ0) is 20.1. The van der Waals surface area contributed by atoms with Crippen LogP contribution >= 0.6 is 0 Å². The lowest BCUT2D eigenvalue weighted by Crippen LogP contribution is -2.48. The van der Waals surface area contributed by atoms with Crippen molar-refractivity contribution in [2.24, 2.45) is 5.92 Å². The van der Waals surface area contributed by atoms with Gasteiger partial charge in [0.1, 0.15) is 11.6 Å². The predicted octanol–water partition coefficient (Wildman–Crippen LogP) is 3.08. The topological polar surface area (TPSA) is 74.6 Å². The lowest BCUT2D eigenvalue weighted by Gasteiger charge is -2.34. The molecule has 1 atom stereocenters. The van der Waals surface area contributed by atoms with E-state index in [4.69, 9.17) is 4.42 Å². The Morgan fingerprint density at radius 1 is 1.29 bits per heavy atom. The number of carbonyl (C=O) groups is 2. The van der Waals surface area contributed by atoms with Crippen molar-refractivity contribution in [2.75, 3.05) is 18.4 Å². The standard InChI is InChI=1S/C21H26FN3O3/c1-14-5-6-17(12-19(14)22)24-20(26)15(2)25-9-7-16(8-10-25)21(27)23-13-18-4-3-11-28-18/h3-6,11-12,15-16H,7-10,13H2,1-2H3,(H,23,27)(H,24,26). The molecule has 150 valence electrons. The number of nitrogens with one attached hydrogen (secondary N) is 2. The highest BCUT2D eigenvalue weighted by atomic mass is 19.1. The molecule has 0 saturated carbocycles. The van der Waals surface area contributed by atoms with Gasteiger partial charge in [0.15, 0.2) is 0 Å². The third-order valence-corrected chi connectivity index (χ3v) is 5.28. The van der Waals surface area contributed by atoms with Crippen LogP contribution in [0.25, 0.3) is 0 Å². The summed E-state index contributed by atoms with van der Waals surface area (Å²) in [5, 5.41) is 5.66. The summed E-state index contributed by atoms with van der Waals surface area (Å²) < 4.78 is 18.9. The summed E-state index contributed by atoms with van der Waals surface area (Å²) in [6.45, 7) is 5.22. The first-order valence-corrected chi connectivity index (χ1v) is 9.55. The van der Waals surface area contributed by atoms with Gasteiger partial charge in [0.2, 0.25) is 11.8 Å². The molecule has 6 nitrogen and oxygen atoms in total. The molecule has 0 aliphatic carbocycles. The van der Waals surface area contributed by atoms with Gasteiger partial charge in [-0.05, 0) is 69.6 Å². The zero-order valence-electron chi connectivity index (χ0n) is 16.2. The minimum absolute atomic E-state index is 0.0169. The Balaban J connectivity index is 1.46. The Labute approximate surface area is 164 Å². The fourth-order valence-electron chi connectivity index (χ4n) is 3.36. The van der Waals surface area contributed by atoms with Crippen molar-refractivity contribution in [1.29, 1.82) is 0 Å². The second-order valence-corrected chi connectivity index (χ2v) is 7.24. The quantitative estimate of drug-likeness (QED) is 0.799. The Bertz CT molecular complexity index is 814. The molecule has 1 unspecified atom stereocenters. The van der Waals surface area contributed by atoms with Crippen molar-refractivity contribution in [1.82, 2.24) is 10.2 Å². The van der Waals surface area contributed by atoms with Gasteiger partial charge in [-0.3, -0.25) is 14.5 Å². The summed E-state index contributed by atoms with van der Waals surface area (Å²) >= 11 is 0. The maximum absolute atomic E-state index is 13.7. The van der Waals surface area contributed by atoms with Crippen LogP contribution in [0, 0.1) is 18.7 Å². The normalized spacial score (nSPS) is 16.5. The second-order valence-electron chi connectivity index (χ2n) is 7.24. The van der Waals surface area contributed by atoms with Gasteiger partial charge in [-0.1, -0.05) is 6.07 Å². The monoisotopic (exact) mass is 387 g/mol. The Morgan fingerprint density at radius 3 is 2.68 bits per heavy atom. The average Bonchev–Trinajstić information content (AvgIpc) is 3.22. The molecule has 0 bridgehead atoms. The summed E-state index contributed by atoms with van der Waals surface area (Å²) in [4.78, 5) is 26.9. The highest BCUT2D eigenvalue weighted by molar-refractivity contribution is 5.94. The molecular formula is C21H26FN3O3. The van der Waals surface area contributed by atoms with E-state index in [9.17, 15) is 14.0 Å². The number of aryl methyl sites for hydroxylation is 1. The predicted molar refractivity (Wildman–Crippen MR) is 104 cm³/mol. The van der Waals surface area contributed by atoms with E-state index < -0.39 is 0 Å². The Kier molecular flexibility index (Phi) is 6.46. The average molecular weight is 387 g/mol. The first-order valence-electron chi connectivity index (χ1n) is 9.55. The Morgan fingerprint density at radius 2 is 2.04 bits per heavy atom.